The Morgan fingerprint density at radius 3 is 2.12 bits per heavy atom. The number of benzene rings is 1. The van der Waals surface area contributed by atoms with Gasteiger partial charge in [0.25, 0.3) is 0 Å². The molecule has 0 bridgehead atoms. The van der Waals surface area contributed by atoms with Crippen LogP contribution >= 0.6 is 24.0 Å². The molecule has 0 unspecified atom stereocenters. The summed E-state index contributed by atoms with van der Waals surface area (Å²) < 4.78 is 65.3. The molecule has 1 rings (SSSR count). The zero-order chi connectivity index (χ0) is 18.7. The summed E-state index contributed by atoms with van der Waals surface area (Å²) in [5, 5.41) is -0.535. The minimum Gasteiger partial charge on any atom is -0.297 e. The topological polar surface area (TPSA) is 49.4 Å². The first-order valence-corrected chi connectivity index (χ1v) is 9.34. The highest BCUT2D eigenvalue weighted by Gasteiger charge is 2.34. The summed E-state index contributed by atoms with van der Waals surface area (Å²) >= 11 is 5.50. The molecule has 10 heteroatoms. The molecule has 146 valence electrons. The first-order chi connectivity index (χ1) is 10.9. The molecule has 0 aromatic heterocycles. The van der Waals surface area contributed by atoms with E-state index < -0.39 is 31.7 Å². The van der Waals surface area contributed by atoms with Gasteiger partial charge in [0.15, 0.2) is 0 Å². The van der Waals surface area contributed by atoms with Gasteiger partial charge in [-0.1, -0.05) is 11.6 Å². The summed E-state index contributed by atoms with van der Waals surface area (Å²) in [6.45, 7) is 8.51. The molecule has 1 N–H and O–H groups in total. The quantitative estimate of drug-likeness (QED) is 0.716. The van der Waals surface area contributed by atoms with Crippen LogP contribution in [0.5, 0.6) is 0 Å². The summed E-state index contributed by atoms with van der Waals surface area (Å²) in [6, 6.07) is 2.99. The van der Waals surface area contributed by atoms with Crippen LogP contribution in [0.3, 0.4) is 0 Å². The van der Waals surface area contributed by atoms with Gasteiger partial charge >= 0.3 is 6.18 Å². The third kappa shape index (κ3) is 6.94. The Morgan fingerprint density at radius 1 is 1.16 bits per heavy atom. The van der Waals surface area contributed by atoms with Gasteiger partial charge in [0, 0.05) is 25.2 Å². The van der Waals surface area contributed by atoms with Crippen molar-refractivity contribution in [1.29, 1.82) is 0 Å². The van der Waals surface area contributed by atoms with E-state index in [-0.39, 0.29) is 31.0 Å². The van der Waals surface area contributed by atoms with Crippen molar-refractivity contribution in [2.24, 2.45) is 0 Å². The lowest BCUT2D eigenvalue weighted by Crippen LogP contribution is -2.42. The van der Waals surface area contributed by atoms with Crippen LogP contribution in [0.15, 0.2) is 23.1 Å². The zero-order valence-electron chi connectivity index (χ0n) is 14.4. The summed E-state index contributed by atoms with van der Waals surface area (Å²) in [5.74, 6) is 0. The molecule has 1 aromatic carbocycles. The van der Waals surface area contributed by atoms with Gasteiger partial charge in [-0.2, -0.15) is 13.2 Å². The Hall–Kier alpha value is -0.540. The fourth-order valence-electron chi connectivity index (χ4n) is 2.39. The molecule has 0 heterocycles. The van der Waals surface area contributed by atoms with Crippen LogP contribution in [0.2, 0.25) is 5.02 Å². The molecule has 0 aliphatic carbocycles. The number of sulfonamides is 1. The molecule has 1 aromatic rings. The highest BCUT2D eigenvalue weighted by Crippen LogP contribution is 2.35. The van der Waals surface area contributed by atoms with Gasteiger partial charge in [-0.15, -0.1) is 12.4 Å². The van der Waals surface area contributed by atoms with E-state index in [4.69, 9.17) is 11.6 Å². The van der Waals surface area contributed by atoms with Gasteiger partial charge < -0.3 is 0 Å². The van der Waals surface area contributed by atoms with E-state index in [0.717, 1.165) is 12.1 Å². The average molecular weight is 423 g/mol. The van der Waals surface area contributed by atoms with Crippen molar-refractivity contribution in [2.45, 2.75) is 50.9 Å². The van der Waals surface area contributed by atoms with Crippen molar-refractivity contribution >= 4 is 34.0 Å². The van der Waals surface area contributed by atoms with Crippen LogP contribution in [0, 0.1) is 0 Å². The molecule has 0 fully saturated rings. The number of hydrogen-bond donors (Lipinski definition) is 1. The fraction of sp³-hybridized carbons (Fsp3) is 0.600. The van der Waals surface area contributed by atoms with Crippen LogP contribution in [-0.4, -0.2) is 38.5 Å². The predicted molar refractivity (Wildman–Crippen MR) is 95.9 cm³/mol. The highest BCUT2D eigenvalue weighted by molar-refractivity contribution is 7.89. The van der Waals surface area contributed by atoms with E-state index in [2.05, 4.69) is 9.62 Å². The fourth-order valence-corrected chi connectivity index (χ4v) is 3.67. The second-order valence-corrected chi connectivity index (χ2v) is 8.14. The molecule has 25 heavy (non-hydrogen) atoms. The third-order valence-corrected chi connectivity index (χ3v) is 5.33. The predicted octanol–water partition coefficient (Wildman–Crippen LogP) is 4.18. The molecule has 4 nitrogen and oxygen atoms in total. The van der Waals surface area contributed by atoms with E-state index in [0.29, 0.717) is 12.6 Å². The molecular weight excluding hydrogens is 400 g/mol. The van der Waals surface area contributed by atoms with Gasteiger partial charge in [0.2, 0.25) is 10.0 Å². The van der Waals surface area contributed by atoms with Crippen molar-refractivity contribution in [3.63, 3.8) is 0 Å². The lowest BCUT2D eigenvalue weighted by molar-refractivity contribution is -0.137. The molecular formula is C15H23Cl2F3N2O2S. The Morgan fingerprint density at radius 2 is 1.68 bits per heavy atom. The highest BCUT2D eigenvalue weighted by atomic mass is 35.5. The van der Waals surface area contributed by atoms with Crippen molar-refractivity contribution in [3.05, 3.63) is 28.8 Å². The van der Waals surface area contributed by atoms with E-state index >= 15 is 0 Å². The lowest BCUT2D eigenvalue weighted by Gasteiger charge is -2.30. The largest absolute Gasteiger partial charge is 0.417 e. The van der Waals surface area contributed by atoms with Gasteiger partial charge in [0.1, 0.15) is 0 Å². The van der Waals surface area contributed by atoms with Gasteiger partial charge in [-0.3, -0.25) is 4.90 Å². The molecule has 0 spiro atoms. The lowest BCUT2D eigenvalue weighted by atomic mass is 10.2. The Bertz CT molecular complexity index is 657. The van der Waals surface area contributed by atoms with Crippen LogP contribution in [0.4, 0.5) is 13.2 Å². The van der Waals surface area contributed by atoms with Crippen molar-refractivity contribution in [3.8, 4) is 0 Å². The molecule has 0 aliphatic heterocycles. The third-order valence-electron chi connectivity index (χ3n) is 3.54. The first-order valence-electron chi connectivity index (χ1n) is 7.48. The minimum atomic E-state index is -4.71. The van der Waals surface area contributed by atoms with Gasteiger partial charge in [-0.05, 0) is 45.9 Å². The van der Waals surface area contributed by atoms with E-state index in [1.54, 1.807) is 0 Å². The number of hydrogen-bond acceptors (Lipinski definition) is 3. The van der Waals surface area contributed by atoms with Crippen molar-refractivity contribution < 1.29 is 21.6 Å². The number of halogens is 5. The monoisotopic (exact) mass is 422 g/mol. The Kier molecular flexibility index (Phi) is 9.21. The molecule has 0 atom stereocenters. The van der Waals surface area contributed by atoms with Crippen molar-refractivity contribution in [2.75, 3.05) is 13.1 Å². The van der Waals surface area contributed by atoms with Crippen LogP contribution in [0.25, 0.3) is 0 Å². The Balaban J connectivity index is 0.00000576. The molecule has 0 saturated heterocycles. The van der Waals surface area contributed by atoms with Crippen LogP contribution < -0.4 is 4.72 Å². The zero-order valence-corrected chi connectivity index (χ0v) is 16.8. The second-order valence-electron chi connectivity index (χ2n) is 5.96. The van der Waals surface area contributed by atoms with E-state index in [9.17, 15) is 21.6 Å². The average Bonchev–Trinajstić information content (AvgIpc) is 2.41. The summed E-state index contributed by atoms with van der Waals surface area (Å²) in [7, 11) is -4.04. The standard InChI is InChI=1S/C15H22ClF3N2O2S.ClH/c1-10(2)21(11(3)4)8-7-20-24(22,23)12-5-6-14(16)13(9-12)15(17,18)19;/h5-6,9-11,20H,7-8H2,1-4H3;1H. The maximum absolute atomic E-state index is 12.8. The summed E-state index contributed by atoms with van der Waals surface area (Å²) in [6.07, 6.45) is -4.71. The maximum atomic E-state index is 12.8. The van der Waals surface area contributed by atoms with E-state index in [1.165, 1.54) is 0 Å². The second kappa shape index (κ2) is 9.41. The van der Waals surface area contributed by atoms with E-state index in [1.807, 2.05) is 27.7 Å². The molecule has 0 aliphatic rings. The number of alkyl halides is 3. The molecule has 0 saturated carbocycles. The van der Waals surface area contributed by atoms with Crippen LogP contribution in [0.1, 0.15) is 33.3 Å². The van der Waals surface area contributed by atoms with Gasteiger partial charge in [-0.25, -0.2) is 13.1 Å². The number of nitrogens with zero attached hydrogens (tertiary/aromatic N) is 1. The number of rotatable bonds is 7. The summed E-state index contributed by atoms with van der Waals surface area (Å²) in [4.78, 5) is 1.62. The summed E-state index contributed by atoms with van der Waals surface area (Å²) in [5.41, 5.74) is -1.17. The van der Waals surface area contributed by atoms with Crippen LogP contribution in [-0.2, 0) is 16.2 Å². The van der Waals surface area contributed by atoms with Gasteiger partial charge in [0.05, 0.1) is 15.5 Å². The maximum Gasteiger partial charge on any atom is 0.417 e. The smallest absolute Gasteiger partial charge is 0.297 e. The molecule has 0 amide bonds. The first kappa shape index (κ1) is 24.5. The number of nitrogens with one attached hydrogen (secondary N) is 1. The minimum absolute atomic E-state index is 0. The normalized spacial score (nSPS) is 12.8. The van der Waals surface area contributed by atoms with Crippen molar-refractivity contribution in [1.82, 2.24) is 9.62 Å². The Labute approximate surface area is 158 Å². The SMILES string of the molecule is CC(C)N(CCNS(=O)(=O)c1ccc(Cl)c(C(F)(F)F)c1)C(C)C.Cl. The molecule has 0 radical (unpaired) electrons.